The Morgan fingerprint density at radius 1 is 0.800 bits per heavy atom. The van der Waals surface area contributed by atoms with Crippen LogP contribution in [0.2, 0.25) is 0 Å². The van der Waals surface area contributed by atoms with E-state index in [1.54, 1.807) is 0 Å². The SMILES string of the molecule is CCCCCCCCCCC(O)C(C)C. The van der Waals surface area contributed by atoms with E-state index in [0.717, 1.165) is 6.42 Å². The monoisotopic (exact) mass is 214 g/mol. The summed E-state index contributed by atoms with van der Waals surface area (Å²) < 4.78 is 0. The van der Waals surface area contributed by atoms with Crippen LogP contribution in [0.3, 0.4) is 0 Å². The number of unbranched alkanes of at least 4 members (excludes halogenated alkanes) is 7. The van der Waals surface area contributed by atoms with E-state index in [2.05, 4.69) is 20.8 Å². The summed E-state index contributed by atoms with van der Waals surface area (Å²) in [6, 6.07) is 0. The molecule has 15 heavy (non-hydrogen) atoms. The molecule has 0 rings (SSSR count). The van der Waals surface area contributed by atoms with Gasteiger partial charge in [0, 0.05) is 0 Å². The van der Waals surface area contributed by atoms with E-state index in [0.29, 0.717) is 5.92 Å². The van der Waals surface area contributed by atoms with Crippen molar-refractivity contribution >= 4 is 0 Å². The van der Waals surface area contributed by atoms with Gasteiger partial charge in [-0.25, -0.2) is 0 Å². The largest absolute Gasteiger partial charge is 0.393 e. The first kappa shape index (κ1) is 15.0. The molecule has 0 saturated carbocycles. The van der Waals surface area contributed by atoms with Gasteiger partial charge in [0.05, 0.1) is 6.10 Å². The number of aliphatic hydroxyl groups excluding tert-OH is 1. The summed E-state index contributed by atoms with van der Waals surface area (Å²) in [5.41, 5.74) is 0. The van der Waals surface area contributed by atoms with Crippen LogP contribution in [0.5, 0.6) is 0 Å². The molecule has 0 heterocycles. The summed E-state index contributed by atoms with van der Waals surface area (Å²) >= 11 is 0. The van der Waals surface area contributed by atoms with Crippen LogP contribution in [0.15, 0.2) is 0 Å². The second-order valence-corrected chi connectivity index (χ2v) is 5.07. The highest BCUT2D eigenvalue weighted by Crippen LogP contribution is 2.13. The van der Waals surface area contributed by atoms with Gasteiger partial charge < -0.3 is 5.11 Å². The Hall–Kier alpha value is -0.0400. The molecule has 0 bridgehead atoms. The van der Waals surface area contributed by atoms with Crippen LogP contribution in [0.25, 0.3) is 0 Å². The standard InChI is InChI=1S/C14H30O/c1-4-5-6-7-8-9-10-11-12-14(15)13(2)3/h13-15H,4-12H2,1-3H3. The first-order valence-corrected chi connectivity index (χ1v) is 6.86. The van der Waals surface area contributed by atoms with Crippen molar-refractivity contribution < 1.29 is 5.11 Å². The zero-order valence-corrected chi connectivity index (χ0v) is 11.0. The normalized spacial score (nSPS) is 13.4. The summed E-state index contributed by atoms with van der Waals surface area (Å²) in [7, 11) is 0. The third kappa shape index (κ3) is 10.2. The summed E-state index contributed by atoms with van der Waals surface area (Å²) in [4.78, 5) is 0. The van der Waals surface area contributed by atoms with Gasteiger partial charge in [0.25, 0.3) is 0 Å². The van der Waals surface area contributed by atoms with Crippen molar-refractivity contribution in [3.63, 3.8) is 0 Å². The van der Waals surface area contributed by atoms with Gasteiger partial charge in [-0.1, -0.05) is 72.1 Å². The molecule has 0 spiro atoms. The Balaban J connectivity index is 3.05. The van der Waals surface area contributed by atoms with E-state index in [4.69, 9.17) is 0 Å². The maximum atomic E-state index is 9.60. The van der Waals surface area contributed by atoms with Crippen LogP contribution in [-0.2, 0) is 0 Å². The Morgan fingerprint density at radius 2 is 1.27 bits per heavy atom. The summed E-state index contributed by atoms with van der Waals surface area (Å²) in [5, 5.41) is 9.60. The molecule has 1 heteroatoms. The fourth-order valence-electron chi connectivity index (χ4n) is 1.82. The van der Waals surface area contributed by atoms with Gasteiger partial charge in [0.15, 0.2) is 0 Å². The van der Waals surface area contributed by atoms with Crippen LogP contribution in [0, 0.1) is 5.92 Å². The molecule has 1 unspecified atom stereocenters. The quantitative estimate of drug-likeness (QED) is 0.530. The summed E-state index contributed by atoms with van der Waals surface area (Å²) in [6.07, 6.45) is 11.7. The lowest BCUT2D eigenvalue weighted by atomic mass is 10.00. The molecule has 0 fully saturated rings. The average molecular weight is 214 g/mol. The second kappa shape index (κ2) is 10.5. The molecule has 92 valence electrons. The molecule has 0 aliphatic carbocycles. The Kier molecular flexibility index (Phi) is 10.4. The van der Waals surface area contributed by atoms with Crippen molar-refractivity contribution in [1.82, 2.24) is 0 Å². The zero-order chi connectivity index (χ0) is 11.5. The molecule has 0 aliphatic heterocycles. The van der Waals surface area contributed by atoms with Crippen molar-refractivity contribution in [3.8, 4) is 0 Å². The fourth-order valence-corrected chi connectivity index (χ4v) is 1.82. The van der Waals surface area contributed by atoms with Crippen LogP contribution in [0.1, 0.15) is 78.6 Å². The minimum atomic E-state index is -0.0786. The number of aliphatic hydroxyl groups is 1. The molecular formula is C14H30O. The van der Waals surface area contributed by atoms with E-state index < -0.39 is 0 Å². The maximum absolute atomic E-state index is 9.60. The van der Waals surface area contributed by atoms with Crippen LogP contribution in [-0.4, -0.2) is 11.2 Å². The minimum absolute atomic E-state index is 0.0786. The Bertz CT molecular complexity index is 121. The molecule has 0 aromatic rings. The predicted molar refractivity (Wildman–Crippen MR) is 68.1 cm³/mol. The van der Waals surface area contributed by atoms with Gasteiger partial charge >= 0.3 is 0 Å². The fraction of sp³-hybridized carbons (Fsp3) is 1.00. The first-order valence-electron chi connectivity index (χ1n) is 6.86. The minimum Gasteiger partial charge on any atom is -0.393 e. The average Bonchev–Trinajstić information content (AvgIpc) is 2.21. The highest BCUT2D eigenvalue weighted by molar-refractivity contribution is 4.59. The Morgan fingerprint density at radius 3 is 1.73 bits per heavy atom. The lowest BCUT2D eigenvalue weighted by Gasteiger charge is -2.13. The molecule has 1 atom stereocenters. The zero-order valence-electron chi connectivity index (χ0n) is 11.0. The molecule has 0 saturated heterocycles. The first-order chi connectivity index (χ1) is 7.18. The lowest BCUT2D eigenvalue weighted by molar-refractivity contribution is 0.113. The molecule has 1 N–H and O–H groups in total. The van der Waals surface area contributed by atoms with Crippen molar-refractivity contribution in [3.05, 3.63) is 0 Å². The van der Waals surface area contributed by atoms with Crippen LogP contribution >= 0.6 is 0 Å². The molecule has 0 amide bonds. The molecule has 1 nitrogen and oxygen atoms in total. The predicted octanol–water partition coefficient (Wildman–Crippen LogP) is 4.53. The van der Waals surface area contributed by atoms with E-state index in [-0.39, 0.29) is 6.10 Å². The third-order valence-corrected chi connectivity index (χ3v) is 3.12. The van der Waals surface area contributed by atoms with Gasteiger partial charge in [0.2, 0.25) is 0 Å². The molecule has 0 aromatic heterocycles. The van der Waals surface area contributed by atoms with E-state index in [9.17, 15) is 5.11 Å². The molecule has 0 aliphatic rings. The molecular weight excluding hydrogens is 184 g/mol. The van der Waals surface area contributed by atoms with Crippen LogP contribution in [0.4, 0.5) is 0 Å². The van der Waals surface area contributed by atoms with Crippen molar-refractivity contribution in [1.29, 1.82) is 0 Å². The van der Waals surface area contributed by atoms with Crippen molar-refractivity contribution in [2.24, 2.45) is 5.92 Å². The van der Waals surface area contributed by atoms with Crippen molar-refractivity contribution in [2.75, 3.05) is 0 Å². The lowest BCUT2D eigenvalue weighted by Crippen LogP contribution is -2.13. The smallest absolute Gasteiger partial charge is 0.0563 e. The molecule has 0 aromatic carbocycles. The third-order valence-electron chi connectivity index (χ3n) is 3.12. The summed E-state index contributed by atoms with van der Waals surface area (Å²) in [5.74, 6) is 0.426. The maximum Gasteiger partial charge on any atom is 0.0563 e. The number of rotatable bonds is 10. The van der Waals surface area contributed by atoms with E-state index >= 15 is 0 Å². The van der Waals surface area contributed by atoms with Gasteiger partial charge in [-0.3, -0.25) is 0 Å². The van der Waals surface area contributed by atoms with Gasteiger partial charge in [-0.05, 0) is 12.3 Å². The van der Waals surface area contributed by atoms with Gasteiger partial charge in [-0.15, -0.1) is 0 Å². The number of hydrogen-bond donors (Lipinski definition) is 1. The second-order valence-electron chi connectivity index (χ2n) is 5.07. The van der Waals surface area contributed by atoms with E-state index in [1.165, 1.54) is 51.4 Å². The topological polar surface area (TPSA) is 20.2 Å². The van der Waals surface area contributed by atoms with Gasteiger partial charge in [0.1, 0.15) is 0 Å². The van der Waals surface area contributed by atoms with Crippen LogP contribution < -0.4 is 0 Å². The summed E-state index contributed by atoms with van der Waals surface area (Å²) in [6.45, 7) is 6.44. The highest BCUT2D eigenvalue weighted by Gasteiger charge is 2.07. The van der Waals surface area contributed by atoms with E-state index in [1.807, 2.05) is 0 Å². The highest BCUT2D eigenvalue weighted by atomic mass is 16.3. The Labute approximate surface area is 96.3 Å². The number of hydrogen-bond acceptors (Lipinski definition) is 1. The van der Waals surface area contributed by atoms with Gasteiger partial charge in [-0.2, -0.15) is 0 Å². The van der Waals surface area contributed by atoms with Crippen molar-refractivity contribution in [2.45, 2.75) is 84.7 Å². The molecule has 0 radical (unpaired) electrons.